The van der Waals surface area contributed by atoms with Crippen molar-refractivity contribution in [1.29, 1.82) is 0 Å². The van der Waals surface area contributed by atoms with Gasteiger partial charge < -0.3 is 0 Å². The van der Waals surface area contributed by atoms with Gasteiger partial charge in [-0.15, -0.1) is 0 Å². The SMILES string of the molecule is C=CCCC(C[Se]c1ccccc1)c1ccccc1. The van der Waals surface area contributed by atoms with E-state index >= 15 is 0 Å². The molecule has 0 aliphatic carbocycles. The van der Waals surface area contributed by atoms with E-state index in [4.69, 9.17) is 0 Å². The van der Waals surface area contributed by atoms with Crippen LogP contribution < -0.4 is 4.46 Å². The van der Waals surface area contributed by atoms with Crippen molar-refractivity contribution in [3.63, 3.8) is 0 Å². The second kappa shape index (κ2) is 7.99. The van der Waals surface area contributed by atoms with Gasteiger partial charge in [-0.05, 0) is 0 Å². The number of hydrogen-bond acceptors (Lipinski definition) is 0. The van der Waals surface area contributed by atoms with E-state index in [1.54, 1.807) is 0 Å². The zero-order chi connectivity index (χ0) is 13.3. The first-order valence-electron chi connectivity index (χ1n) is 6.74. The van der Waals surface area contributed by atoms with Crippen molar-refractivity contribution < 1.29 is 0 Å². The summed E-state index contributed by atoms with van der Waals surface area (Å²) in [6.45, 7) is 3.85. The van der Waals surface area contributed by atoms with Crippen molar-refractivity contribution in [2.24, 2.45) is 0 Å². The van der Waals surface area contributed by atoms with Crippen molar-refractivity contribution in [2.45, 2.75) is 24.1 Å². The summed E-state index contributed by atoms with van der Waals surface area (Å²) in [5.41, 5.74) is 1.47. The molecule has 0 spiro atoms. The Labute approximate surface area is 122 Å². The van der Waals surface area contributed by atoms with Crippen molar-refractivity contribution in [3.05, 3.63) is 78.9 Å². The molecular formula is C18H20Se. The Bertz CT molecular complexity index is 476. The molecule has 0 saturated carbocycles. The van der Waals surface area contributed by atoms with Gasteiger partial charge in [0.2, 0.25) is 0 Å². The molecule has 1 unspecified atom stereocenters. The molecule has 0 fully saturated rings. The van der Waals surface area contributed by atoms with E-state index < -0.39 is 0 Å². The van der Waals surface area contributed by atoms with Gasteiger partial charge in [0, 0.05) is 0 Å². The summed E-state index contributed by atoms with van der Waals surface area (Å²) in [5, 5.41) is 1.27. The predicted molar refractivity (Wildman–Crippen MR) is 85.3 cm³/mol. The molecule has 2 aromatic carbocycles. The van der Waals surface area contributed by atoms with Crippen molar-refractivity contribution >= 4 is 19.4 Å². The average Bonchev–Trinajstić information content (AvgIpc) is 2.49. The van der Waals surface area contributed by atoms with E-state index in [0.717, 1.165) is 6.42 Å². The molecule has 19 heavy (non-hydrogen) atoms. The third-order valence-electron chi connectivity index (χ3n) is 3.18. The summed E-state index contributed by atoms with van der Waals surface area (Å²) in [5.74, 6) is 0.666. The zero-order valence-electron chi connectivity index (χ0n) is 11.2. The summed E-state index contributed by atoms with van der Waals surface area (Å²) in [6.07, 6.45) is 4.35. The molecule has 0 nitrogen and oxygen atoms in total. The monoisotopic (exact) mass is 316 g/mol. The van der Waals surface area contributed by atoms with Gasteiger partial charge in [0.25, 0.3) is 0 Å². The number of allylic oxidation sites excluding steroid dienone is 1. The van der Waals surface area contributed by atoms with Gasteiger partial charge in [0.15, 0.2) is 0 Å². The second-order valence-electron chi connectivity index (χ2n) is 4.60. The normalized spacial score (nSPS) is 12.0. The van der Waals surface area contributed by atoms with Crippen LogP contribution in [0.5, 0.6) is 0 Å². The van der Waals surface area contributed by atoms with Crippen LogP contribution in [0.4, 0.5) is 0 Å². The third-order valence-corrected chi connectivity index (χ3v) is 5.65. The quantitative estimate of drug-likeness (QED) is 0.531. The van der Waals surface area contributed by atoms with Crippen LogP contribution in [0.15, 0.2) is 73.3 Å². The molecule has 0 aliphatic heterocycles. The molecule has 0 bridgehead atoms. The van der Waals surface area contributed by atoms with E-state index in [9.17, 15) is 0 Å². The Hall–Kier alpha value is -1.30. The minimum atomic E-state index is 0.558. The summed E-state index contributed by atoms with van der Waals surface area (Å²) in [7, 11) is 0. The van der Waals surface area contributed by atoms with Crippen LogP contribution in [0.25, 0.3) is 0 Å². The Kier molecular flexibility index (Phi) is 5.93. The molecule has 98 valence electrons. The van der Waals surface area contributed by atoms with Crippen LogP contribution in [0.3, 0.4) is 0 Å². The Morgan fingerprint density at radius 2 is 1.58 bits per heavy atom. The van der Waals surface area contributed by atoms with Gasteiger partial charge in [-0.3, -0.25) is 0 Å². The van der Waals surface area contributed by atoms with E-state index in [1.807, 2.05) is 6.08 Å². The van der Waals surface area contributed by atoms with Crippen LogP contribution in [0.1, 0.15) is 24.3 Å². The Morgan fingerprint density at radius 1 is 0.947 bits per heavy atom. The van der Waals surface area contributed by atoms with Crippen LogP contribution in [0, 0.1) is 0 Å². The van der Waals surface area contributed by atoms with Crippen LogP contribution in [-0.4, -0.2) is 15.0 Å². The van der Waals surface area contributed by atoms with Crippen LogP contribution in [-0.2, 0) is 0 Å². The molecule has 0 N–H and O–H groups in total. The molecule has 0 aliphatic rings. The van der Waals surface area contributed by atoms with Crippen molar-refractivity contribution in [3.8, 4) is 0 Å². The van der Waals surface area contributed by atoms with Gasteiger partial charge in [0.05, 0.1) is 0 Å². The molecule has 2 rings (SSSR count). The maximum atomic E-state index is 3.85. The topological polar surface area (TPSA) is 0 Å². The molecule has 0 saturated heterocycles. The standard InChI is InChI=1S/C18H20Se/c1-2-3-10-17(16-11-6-4-7-12-16)15-19-18-13-8-5-9-14-18/h2,4-9,11-14,17H,1,3,10,15H2. The molecule has 0 radical (unpaired) electrons. The van der Waals surface area contributed by atoms with Crippen molar-refractivity contribution in [2.75, 3.05) is 0 Å². The zero-order valence-corrected chi connectivity index (χ0v) is 12.9. The molecule has 2 aromatic rings. The summed E-state index contributed by atoms with van der Waals surface area (Å²) in [4.78, 5) is 0. The summed E-state index contributed by atoms with van der Waals surface area (Å²) < 4.78 is 1.49. The maximum absolute atomic E-state index is 3.85. The van der Waals surface area contributed by atoms with Crippen molar-refractivity contribution in [1.82, 2.24) is 0 Å². The van der Waals surface area contributed by atoms with Gasteiger partial charge >= 0.3 is 122 Å². The van der Waals surface area contributed by atoms with E-state index in [-0.39, 0.29) is 0 Å². The number of hydrogen-bond donors (Lipinski definition) is 0. The van der Waals surface area contributed by atoms with Gasteiger partial charge in [-0.2, -0.15) is 0 Å². The van der Waals surface area contributed by atoms with Gasteiger partial charge in [-0.1, -0.05) is 0 Å². The Balaban J connectivity index is 2.00. The van der Waals surface area contributed by atoms with E-state index in [0.29, 0.717) is 20.9 Å². The van der Waals surface area contributed by atoms with E-state index in [1.165, 1.54) is 21.8 Å². The van der Waals surface area contributed by atoms with Gasteiger partial charge in [-0.25, -0.2) is 0 Å². The average molecular weight is 315 g/mol. The third kappa shape index (κ3) is 4.70. The first kappa shape index (κ1) is 14.1. The first-order chi connectivity index (χ1) is 9.40. The fraction of sp³-hybridized carbons (Fsp3) is 0.222. The molecule has 0 heterocycles. The molecule has 1 atom stereocenters. The molecule has 1 heteroatoms. The molecular weight excluding hydrogens is 295 g/mol. The predicted octanol–water partition coefficient (Wildman–Crippen LogP) is 4.18. The van der Waals surface area contributed by atoms with E-state index in [2.05, 4.69) is 67.2 Å². The number of rotatable bonds is 7. The fourth-order valence-corrected chi connectivity index (χ4v) is 4.42. The fourth-order valence-electron chi connectivity index (χ4n) is 2.10. The summed E-state index contributed by atoms with van der Waals surface area (Å²) in [6, 6.07) is 21.8. The molecule has 0 aromatic heterocycles. The van der Waals surface area contributed by atoms with Crippen LogP contribution >= 0.6 is 0 Å². The number of benzene rings is 2. The first-order valence-corrected chi connectivity index (χ1v) is 8.80. The second-order valence-corrected chi connectivity index (χ2v) is 6.89. The van der Waals surface area contributed by atoms with Gasteiger partial charge in [0.1, 0.15) is 0 Å². The summed E-state index contributed by atoms with van der Waals surface area (Å²) >= 11 is 0.558. The van der Waals surface area contributed by atoms with Crippen LogP contribution in [0.2, 0.25) is 5.32 Å². The molecule has 0 amide bonds. The minimum absolute atomic E-state index is 0.558. The Morgan fingerprint density at radius 3 is 2.21 bits per heavy atom.